The van der Waals surface area contributed by atoms with Gasteiger partial charge in [-0.25, -0.2) is 8.42 Å². The number of halogens is 4. The fraction of sp³-hybridized carbons (Fsp3) is 0.429. The maximum Gasteiger partial charge on any atom is 0.434 e. The van der Waals surface area contributed by atoms with E-state index in [-0.39, 0.29) is 28.8 Å². The Labute approximate surface area is 237 Å². The summed E-state index contributed by atoms with van der Waals surface area (Å²) in [6.45, 7) is 2.66. The van der Waals surface area contributed by atoms with Crippen LogP contribution in [0, 0.1) is 5.92 Å². The second-order valence-corrected chi connectivity index (χ2v) is 12.2. The first-order chi connectivity index (χ1) is 18.2. The van der Waals surface area contributed by atoms with E-state index in [1.807, 2.05) is 25.9 Å². The fourth-order valence-corrected chi connectivity index (χ4v) is 5.65. The number of carbonyl (C=O) groups excluding carboxylic acids is 1. The van der Waals surface area contributed by atoms with Gasteiger partial charge in [0, 0.05) is 26.3 Å². The summed E-state index contributed by atoms with van der Waals surface area (Å²) in [6.07, 6.45) is -2.75. The highest BCUT2D eigenvalue weighted by molar-refractivity contribution is 9.12. The maximum atomic E-state index is 13.8. The van der Waals surface area contributed by atoms with Crippen molar-refractivity contribution in [1.29, 1.82) is 0 Å². The summed E-state index contributed by atoms with van der Waals surface area (Å²) < 4.78 is 70.5. The van der Waals surface area contributed by atoms with Crippen molar-refractivity contribution in [1.82, 2.24) is 4.90 Å². The molecule has 1 atom stereocenters. The molecule has 0 saturated heterocycles. The van der Waals surface area contributed by atoms with Gasteiger partial charge in [-0.2, -0.15) is 13.2 Å². The van der Waals surface area contributed by atoms with Gasteiger partial charge in [-0.3, -0.25) is 9.79 Å². The molecule has 2 aromatic rings. The summed E-state index contributed by atoms with van der Waals surface area (Å²) in [4.78, 5) is 17.9. The Hall–Kier alpha value is -2.50. The van der Waals surface area contributed by atoms with Gasteiger partial charge in [0.2, 0.25) is 0 Å². The lowest BCUT2D eigenvalue weighted by Crippen LogP contribution is -2.25. The van der Waals surface area contributed by atoms with Crippen LogP contribution in [0.5, 0.6) is 0 Å². The lowest BCUT2D eigenvalue weighted by Gasteiger charge is -2.23. The van der Waals surface area contributed by atoms with Crippen molar-refractivity contribution >= 4 is 43.0 Å². The molecule has 39 heavy (non-hydrogen) atoms. The van der Waals surface area contributed by atoms with Crippen LogP contribution in [0.25, 0.3) is 16.7 Å². The zero-order chi connectivity index (χ0) is 29.4. The van der Waals surface area contributed by atoms with Gasteiger partial charge in [-0.05, 0) is 83.2 Å². The molecule has 2 aromatic carbocycles. The molecule has 214 valence electrons. The molecular formula is C28H34BrF3N2O4S. The molecule has 0 saturated carbocycles. The SMILES string of the molecule is CCC(CCC(=O)OCCN(C)C)C(=C(Br)C(=NC)C(F)(F)F)c1ccc(-c2cccc(S(C)(=O)=O)c2)cc1. The minimum absolute atomic E-state index is 0.0523. The number of hydrogen-bond acceptors (Lipinski definition) is 6. The van der Waals surface area contributed by atoms with E-state index in [1.54, 1.807) is 42.5 Å². The van der Waals surface area contributed by atoms with Gasteiger partial charge in [0.1, 0.15) is 6.61 Å². The summed E-state index contributed by atoms with van der Waals surface area (Å²) >= 11 is 3.19. The number of carbonyl (C=O) groups is 1. The Kier molecular flexibility index (Phi) is 11.9. The Balaban J connectivity index is 2.48. The van der Waals surface area contributed by atoms with E-state index < -0.39 is 33.6 Å². The minimum atomic E-state index is -4.69. The van der Waals surface area contributed by atoms with Crippen molar-refractivity contribution < 1.29 is 31.1 Å². The predicted octanol–water partition coefficient (Wildman–Crippen LogP) is 6.41. The number of aliphatic imine (C=N–C) groups is 1. The van der Waals surface area contributed by atoms with Crippen molar-refractivity contribution in [2.24, 2.45) is 10.9 Å². The van der Waals surface area contributed by atoms with Gasteiger partial charge in [-0.1, -0.05) is 43.3 Å². The first-order valence-electron chi connectivity index (χ1n) is 12.3. The molecule has 0 bridgehead atoms. The maximum absolute atomic E-state index is 13.8. The Morgan fingerprint density at radius 2 is 1.74 bits per heavy atom. The number of esters is 1. The van der Waals surface area contributed by atoms with Crippen LogP contribution in [0.2, 0.25) is 0 Å². The third kappa shape index (κ3) is 9.58. The van der Waals surface area contributed by atoms with Crippen molar-refractivity contribution in [3.63, 3.8) is 0 Å². The number of hydrogen-bond donors (Lipinski definition) is 0. The number of likely N-dealkylation sites (N-methyl/N-ethyl adjacent to an activating group) is 1. The van der Waals surface area contributed by atoms with Crippen LogP contribution in [0.4, 0.5) is 13.2 Å². The zero-order valence-corrected chi connectivity index (χ0v) is 25.1. The molecule has 0 aliphatic rings. The van der Waals surface area contributed by atoms with Crippen LogP contribution in [-0.4, -0.2) is 71.7 Å². The highest BCUT2D eigenvalue weighted by Gasteiger charge is 2.39. The monoisotopic (exact) mass is 630 g/mol. The van der Waals surface area contributed by atoms with E-state index in [0.29, 0.717) is 35.2 Å². The number of ether oxygens (including phenoxy) is 1. The average Bonchev–Trinajstić information content (AvgIpc) is 2.85. The molecule has 0 radical (unpaired) electrons. The van der Waals surface area contributed by atoms with Gasteiger partial charge >= 0.3 is 12.1 Å². The number of sulfone groups is 1. The summed E-state index contributed by atoms with van der Waals surface area (Å²) in [5, 5.41) is 0. The molecule has 0 N–H and O–H groups in total. The molecule has 0 spiro atoms. The van der Waals surface area contributed by atoms with Crippen LogP contribution in [0.1, 0.15) is 31.7 Å². The van der Waals surface area contributed by atoms with Gasteiger partial charge in [0.05, 0.1) is 9.38 Å². The van der Waals surface area contributed by atoms with Gasteiger partial charge < -0.3 is 9.64 Å². The van der Waals surface area contributed by atoms with Crippen molar-refractivity contribution in [2.45, 2.75) is 37.3 Å². The van der Waals surface area contributed by atoms with Crippen LogP contribution < -0.4 is 0 Å². The van der Waals surface area contributed by atoms with E-state index >= 15 is 0 Å². The third-order valence-corrected chi connectivity index (χ3v) is 8.04. The molecule has 6 nitrogen and oxygen atoms in total. The number of alkyl halides is 3. The molecule has 0 aliphatic heterocycles. The molecular weight excluding hydrogens is 597 g/mol. The Morgan fingerprint density at radius 3 is 2.26 bits per heavy atom. The smallest absolute Gasteiger partial charge is 0.434 e. The Bertz CT molecular complexity index is 1300. The number of benzene rings is 2. The molecule has 0 heterocycles. The molecule has 2 rings (SSSR count). The van der Waals surface area contributed by atoms with Crippen LogP contribution in [0.3, 0.4) is 0 Å². The van der Waals surface area contributed by atoms with Crippen molar-refractivity contribution in [3.05, 3.63) is 58.6 Å². The number of allylic oxidation sites excluding steroid dienone is 2. The van der Waals surface area contributed by atoms with Gasteiger partial charge in [-0.15, -0.1) is 0 Å². The topological polar surface area (TPSA) is 76.0 Å². The molecule has 0 aromatic heterocycles. The molecule has 0 fully saturated rings. The Morgan fingerprint density at radius 1 is 1.10 bits per heavy atom. The van der Waals surface area contributed by atoms with E-state index in [4.69, 9.17) is 4.74 Å². The van der Waals surface area contributed by atoms with Gasteiger partial charge in [0.15, 0.2) is 15.5 Å². The first kappa shape index (κ1) is 32.7. The second-order valence-electron chi connectivity index (χ2n) is 9.34. The van der Waals surface area contributed by atoms with E-state index in [2.05, 4.69) is 20.9 Å². The fourth-order valence-electron chi connectivity index (χ4n) is 4.03. The van der Waals surface area contributed by atoms with Crippen molar-refractivity contribution in [2.75, 3.05) is 40.6 Å². The van der Waals surface area contributed by atoms with E-state index in [9.17, 15) is 26.4 Å². The summed E-state index contributed by atoms with van der Waals surface area (Å²) in [7, 11) is 1.40. The second kappa shape index (κ2) is 14.2. The largest absolute Gasteiger partial charge is 0.464 e. The molecule has 0 amide bonds. The number of rotatable bonds is 12. The first-order valence-corrected chi connectivity index (χ1v) is 15.0. The zero-order valence-electron chi connectivity index (χ0n) is 22.7. The van der Waals surface area contributed by atoms with E-state index in [1.165, 1.54) is 6.07 Å². The predicted molar refractivity (Wildman–Crippen MR) is 153 cm³/mol. The normalized spacial score (nSPS) is 14.3. The standard InChI is InChI=1S/C28H34BrF3N2O4S/c1-6-19(14-15-24(35)38-17-16-34(3)4)25(26(29)27(33-2)28(30,31)32)21-12-10-20(11-13-21)22-8-7-9-23(18-22)39(5,36)37/h7-13,18-19H,6,14-17H2,1-5H3. The highest BCUT2D eigenvalue weighted by Crippen LogP contribution is 2.39. The highest BCUT2D eigenvalue weighted by atomic mass is 79.9. The summed E-state index contributed by atoms with van der Waals surface area (Å²) in [6, 6.07) is 13.3. The summed E-state index contributed by atoms with van der Waals surface area (Å²) in [5.41, 5.74) is 1.23. The molecule has 0 aliphatic carbocycles. The van der Waals surface area contributed by atoms with Crippen LogP contribution >= 0.6 is 15.9 Å². The van der Waals surface area contributed by atoms with Gasteiger partial charge in [0.25, 0.3) is 0 Å². The lowest BCUT2D eigenvalue weighted by molar-refractivity contribution is -0.144. The van der Waals surface area contributed by atoms with Crippen molar-refractivity contribution in [3.8, 4) is 11.1 Å². The molecule has 11 heteroatoms. The lowest BCUT2D eigenvalue weighted by atomic mass is 9.85. The third-order valence-electron chi connectivity index (χ3n) is 6.13. The van der Waals surface area contributed by atoms with Crippen LogP contribution in [0.15, 0.2) is 62.9 Å². The number of nitrogens with zero attached hydrogens (tertiary/aromatic N) is 2. The quantitative estimate of drug-likeness (QED) is 0.200. The summed E-state index contributed by atoms with van der Waals surface area (Å²) in [5.74, 6) is -0.814. The van der Waals surface area contributed by atoms with E-state index in [0.717, 1.165) is 13.3 Å². The molecule has 1 unspecified atom stereocenters. The average molecular weight is 632 g/mol. The minimum Gasteiger partial charge on any atom is -0.464 e. The van der Waals surface area contributed by atoms with Crippen LogP contribution in [-0.2, 0) is 19.4 Å².